The van der Waals surface area contributed by atoms with Crippen molar-refractivity contribution < 1.29 is 9.21 Å². The Bertz CT molecular complexity index is 1240. The van der Waals surface area contributed by atoms with Crippen molar-refractivity contribution in [1.29, 1.82) is 0 Å². The van der Waals surface area contributed by atoms with Gasteiger partial charge in [0.1, 0.15) is 6.04 Å². The van der Waals surface area contributed by atoms with E-state index in [9.17, 15) is 4.79 Å². The number of pyridine rings is 1. The third-order valence-electron chi connectivity index (χ3n) is 5.49. The fourth-order valence-electron chi connectivity index (χ4n) is 3.87. The molecule has 0 aromatic carbocycles. The number of carbonyl (C=O) groups excluding carboxylic acids is 1. The summed E-state index contributed by atoms with van der Waals surface area (Å²) < 4.78 is 7.37. The van der Waals surface area contributed by atoms with E-state index in [1.54, 1.807) is 15.7 Å². The van der Waals surface area contributed by atoms with Crippen molar-refractivity contribution in [1.82, 2.24) is 34.7 Å². The number of nitrogens with zero attached hydrogens (tertiary/aromatic N) is 6. The van der Waals surface area contributed by atoms with Crippen LogP contribution in [0.5, 0.6) is 0 Å². The molecule has 1 atom stereocenters. The smallest absolute Gasteiger partial charge is 0.312 e. The van der Waals surface area contributed by atoms with E-state index in [4.69, 9.17) is 16.0 Å². The molecular formula is C19H16ClN7O2. The minimum absolute atomic E-state index is 0.0117. The van der Waals surface area contributed by atoms with Crippen LogP contribution >= 0.6 is 11.6 Å². The van der Waals surface area contributed by atoms with E-state index in [0.29, 0.717) is 35.5 Å². The average molecular weight is 410 g/mol. The molecule has 2 aliphatic rings. The number of hydrogen-bond donors (Lipinski definition) is 1. The van der Waals surface area contributed by atoms with Gasteiger partial charge in [0.15, 0.2) is 0 Å². The molecule has 1 N–H and O–H groups in total. The molecule has 9 nitrogen and oxygen atoms in total. The van der Waals surface area contributed by atoms with E-state index < -0.39 is 6.04 Å². The summed E-state index contributed by atoms with van der Waals surface area (Å²) in [5.41, 5.74) is 3.21. The Morgan fingerprint density at radius 2 is 2.21 bits per heavy atom. The maximum Gasteiger partial charge on any atom is 0.312 e. The predicted molar refractivity (Wildman–Crippen MR) is 102 cm³/mol. The van der Waals surface area contributed by atoms with Crippen molar-refractivity contribution in [3.05, 3.63) is 64.6 Å². The summed E-state index contributed by atoms with van der Waals surface area (Å²) in [6, 6.07) is 5.06. The lowest BCUT2D eigenvalue weighted by Gasteiger charge is -2.32. The topological polar surface area (TPSA) is 105 Å². The van der Waals surface area contributed by atoms with Gasteiger partial charge in [-0.25, -0.2) is 9.50 Å². The molecule has 1 saturated carbocycles. The van der Waals surface area contributed by atoms with Crippen LogP contribution in [0.2, 0.25) is 5.02 Å². The summed E-state index contributed by atoms with van der Waals surface area (Å²) in [4.78, 5) is 22.6. The van der Waals surface area contributed by atoms with Gasteiger partial charge in [0.05, 0.1) is 28.3 Å². The number of carbonyl (C=O) groups is 1. The van der Waals surface area contributed by atoms with Gasteiger partial charge >= 0.3 is 11.8 Å². The molecule has 0 radical (unpaired) electrons. The van der Waals surface area contributed by atoms with Gasteiger partial charge in [-0.3, -0.25) is 4.79 Å². The SMILES string of the molecule is O=C(c1nnc(C2CC2)o1)N1CCc2[nH]cnc2[C@@H]1c1cc2c(Cl)cccn2n1. The zero-order valence-electron chi connectivity index (χ0n) is 15.2. The largest absolute Gasteiger partial charge is 0.417 e. The van der Waals surface area contributed by atoms with E-state index in [-0.39, 0.29) is 11.8 Å². The average Bonchev–Trinajstić information content (AvgIpc) is 3.13. The first-order chi connectivity index (χ1) is 14.2. The van der Waals surface area contributed by atoms with Crippen LogP contribution in [0.4, 0.5) is 0 Å². The Hall–Kier alpha value is -3.20. The highest BCUT2D eigenvalue weighted by Gasteiger charge is 2.39. The lowest BCUT2D eigenvalue weighted by Crippen LogP contribution is -2.41. The Labute approximate surface area is 169 Å². The molecule has 0 spiro atoms. The van der Waals surface area contributed by atoms with E-state index in [1.165, 1.54) is 0 Å². The third kappa shape index (κ3) is 2.65. The molecule has 4 aromatic heterocycles. The molecule has 29 heavy (non-hydrogen) atoms. The highest BCUT2D eigenvalue weighted by Crippen LogP contribution is 2.40. The Balaban J connectivity index is 1.44. The first kappa shape index (κ1) is 16.7. The van der Waals surface area contributed by atoms with Crippen molar-refractivity contribution in [3.63, 3.8) is 0 Å². The van der Waals surface area contributed by atoms with Crippen LogP contribution in [0.3, 0.4) is 0 Å². The molecule has 0 unspecified atom stereocenters. The molecular weight excluding hydrogens is 394 g/mol. The minimum Gasteiger partial charge on any atom is -0.417 e. The number of fused-ring (bicyclic) bond motifs is 2. The van der Waals surface area contributed by atoms with Gasteiger partial charge in [-0.2, -0.15) is 5.10 Å². The zero-order chi connectivity index (χ0) is 19.5. The first-order valence-corrected chi connectivity index (χ1v) is 9.87. The maximum atomic E-state index is 13.3. The summed E-state index contributed by atoms with van der Waals surface area (Å²) in [6.07, 6.45) is 6.19. The summed E-state index contributed by atoms with van der Waals surface area (Å²) in [5.74, 6) is 0.533. The maximum absolute atomic E-state index is 13.3. The van der Waals surface area contributed by atoms with E-state index in [1.807, 2.05) is 24.4 Å². The van der Waals surface area contributed by atoms with E-state index >= 15 is 0 Å². The molecule has 1 fully saturated rings. The van der Waals surface area contributed by atoms with Crippen molar-refractivity contribution in [2.24, 2.45) is 0 Å². The second-order valence-electron chi connectivity index (χ2n) is 7.39. The Morgan fingerprint density at radius 1 is 1.31 bits per heavy atom. The van der Waals surface area contributed by atoms with Gasteiger partial charge in [-0.1, -0.05) is 11.6 Å². The van der Waals surface area contributed by atoms with Crippen molar-refractivity contribution in [2.75, 3.05) is 6.54 Å². The molecule has 1 amide bonds. The van der Waals surface area contributed by atoms with Crippen molar-refractivity contribution in [3.8, 4) is 0 Å². The Kier molecular flexibility index (Phi) is 3.55. The molecule has 0 bridgehead atoms. The highest BCUT2D eigenvalue weighted by atomic mass is 35.5. The van der Waals surface area contributed by atoms with Crippen LogP contribution in [0.1, 0.15) is 58.5 Å². The van der Waals surface area contributed by atoms with Crippen LogP contribution in [0, 0.1) is 0 Å². The molecule has 1 aliphatic carbocycles. The first-order valence-electron chi connectivity index (χ1n) is 9.49. The van der Waals surface area contributed by atoms with Crippen LogP contribution in [-0.2, 0) is 6.42 Å². The normalized spacial score (nSPS) is 18.9. The Morgan fingerprint density at radius 3 is 3.03 bits per heavy atom. The number of H-pyrrole nitrogens is 1. The molecule has 4 aromatic rings. The van der Waals surface area contributed by atoms with Crippen LogP contribution in [0.25, 0.3) is 5.52 Å². The second kappa shape index (κ2) is 6.15. The van der Waals surface area contributed by atoms with E-state index in [2.05, 4.69) is 25.3 Å². The number of hydrogen-bond acceptors (Lipinski definition) is 6. The molecule has 1 aliphatic heterocycles. The van der Waals surface area contributed by atoms with Crippen LogP contribution < -0.4 is 0 Å². The zero-order valence-corrected chi connectivity index (χ0v) is 16.0. The summed E-state index contributed by atoms with van der Waals surface area (Å²) in [7, 11) is 0. The fourth-order valence-corrected chi connectivity index (χ4v) is 4.08. The minimum atomic E-state index is -0.468. The highest BCUT2D eigenvalue weighted by molar-refractivity contribution is 6.33. The fraction of sp³-hybridized carbons (Fsp3) is 0.316. The van der Waals surface area contributed by atoms with E-state index in [0.717, 1.165) is 29.7 Å². The number of imidazole rings is 1. The van der Waals surface area contributed by atoms with Gasteiger partial charge in [0.25, 0.3) is 0 Å². The molecule has 10 heteroatoms. The number of aromatic amines is 1. The summed E-state index contributed by atoms with van der Waals surface area (Å²) in [6.45, 7) is 0.488. The summed E-state index contributed by atoms with van der Waals surface area (Å²) >= 11 is 6.33. The van der Waals surface area contributed by atoms with Crippen LogP contribution in [0.15, 0.2) is 35.1 Å². The van der Waals surface area contributed by atoms with Gasteiger partial charge in [-0.15, -0.1) is 10.2 Å². The molecule has 6 rings (SSSR count). The number of amides is 1. The molecule has 5 heterocycles. The van der Waals surface area contributed by atoms with Crippen molar-refractivity contribution in [2.45, 2.75) is 31.2 Å². The second-order valence-corrected chi connectivity index (χ2v) is 7.80. The predicted octanol–water partition coefficient (Wildman–Crippen LogP) is 2.76. The van der Waals surface area contributed by atoms with Gasteiger partial charge in [0.2, 0.25) is 5.89 Å². The standard InChI is InChI=1S/C19H16ClN7O2/c20-11-2-1-6-27-14(11)8-13(25-27)16-15-12(21-9-22-15)5-7-26(16)19(28)18-24-23-17(29-18)10-3-4-10/h1-2,6,8-10,16H,3-5,7H2,(H,21,22)/t16-/m0/s1. The lowest BCUT2D eigenvalue weighted by atomic mass is 9.99. The monoisotopic (exact) mass is 409 g/mol. The lowest BCUT2D eigenvalue weighted by molar-refractivity contribution is 0.0644. The number of halogens is 1. The number of nitrogens with one attached hydrogen (secondary N) is 1. The third-order valence-corrected chi connectivity index (χ3v) is 5.80. The van der Waals surface area contributed by atoms with Crippen LogP contribution in [-0.4, -0.2) is 47.1 Å². The number of aromatic nitrogens is 6. The van der Waals surface area contributed by atoms with Gasteiger partial charge in [0, 0.05) is 30.8 Å². The quantitative estimate of drug-likeness (QED) is 0.557. The molecule has 0 saturated heterocycles. The summed E-state index contributed by atoms with van der Waals surface area (Å²) in [5, 5.41) is 13.3. The number of rotatable bonds is 3. The van der Waals surface area contributed by atoms with Gasteiger partial charge < -0.3 is 14.3 Å². The molecule has 146 valence electrons. The van der Waals surface area contributed by atoms with Gasteiger partial charge in [-0.05, 0) is 31.0 Å². The van der Waals surface area contributed by atoms with Crippen molar-refractivity contribution >= 4 is 23.0 Å².